The van der Waals surface area contributed by atoms with E-state index in [1.165, 1.54) is 32.1 Å². The largest absolute Gasteiger partial charge is 1.00 e. The molecule has 1 heteroatoms. The molecule has 0 unspecified atom stereocenters. The Labute approximate surface area is 58.1 Å². The van der Waals surface area contributed by atoms with Crippen molar-refractivity contribution in [2.75, 3.05) is 0 Å². The normalized spacial score (nSPS) is 22.1. The van der Waals surface area contributed by atoms with Gasteiger partial charge in [-0.1, -0.05) is 39.0 Å². The van der Waals surface area contributed by atoms with Crippen molar-refractivity contribution < 1.29 is 12.4 Å². The first-order chi connectivity index (χ1) is 3.39. The van der Waals surface area contributed by atoms with Gasteiger partial charge < -0.3 is 12.4 Å². The van der Waals surface area contributed by atoms with Crippen molar-refractivity contribution in [1.82, 2.24) is 0 Å². The SMILES string of the molecule is CC1CCCCC1.[Cl-]. The standard InChI is InChI=1S/C7H14.ClH/c1-7-5-3-2-4-6-7;/h7H,2-6H2,1H3;1H/p-1. The summed E-state index contributed by atoms with van der Waals surface area (Å²) < 4.78 is 0. The molecule has 0 amide bonds. The molecule has 1 saturated carbocycles. The highest BCUT2D eigenvalue weighted by Crippen LogP contribution is 2.21. The van der Waals surface area contributed by atoms with Gasteiger partial charge in [0.1, 0.15) is 0 Å². The van der Waals surface area contributed by atoms with Crippen molar-refractivity contribution in [2.45, 2.75) is 39.0 Å². The van der Waals surface area contributed by atoms with Crippen molar-refractivity contribution >= 4 is 0 Å². The van der Waals surface area contributed by atoms with Crippen molar-refractivity contribution in [2.24, 2.45) is 5.92 Å². The van der Waals surface area contributed by atoms with Gasteiger partial charge in [0.2, 0.25) is 0 Å². The Morgan fingerprint density at radius 1 is 1.00 bits per heavy atom. The van der Waals surface area contributed by atoms with Crippen LogP contribution in [0.3, 0.4) is 0 Å². The minimum atomic E-state index is 0. The van der Waals surface area contributed by atoms with E-state index in [2.05, 4.69) is 6.92 Å². The predicted molar refractivity (Wildman–Crippen MR) is 32.2 cm³/mol. The molecule has 0 atom stereocenters. The van der Waals surface area contributed by atoms with Crippen LogP contribution in [0.15, 0.2) is 0 Å². The summed E-state index contributed by atoms with van der Waals surface area (Å²) in [5.41, 5.74) is 0. The molecule has 0 nitrogen and oxygen atoms in total. The van der Waals surface area contributed by atoms with E-state index >= 15 is 0 Å². The highest BCUT2D eigenvalue weighted by atomic mass is 35.5. The molecule has 0 saturated heterocycles. The number of halogens is 1. The van der Waals surface area contributed by atoms with Crippen molar-refractivity contribution in [3.05, 3.63) is 0 Å². The number of hydrogen-bond acceptors (Lipinski definition) is 0. The van der Waals surface area contributed by atoms with Gasteiger partial charge in [-0.05, 0) is 5.92 Å². The fraction of sp³-hybridized carbons (Fsp3) is 1.00. The third-order valence-electron chi connectivity index (χ3n) is 1.89. The van der Waals surface area contributed by atoms with Crippen LogP contribution in [0.1, 0.15) is 39.0 Å². The maximum Gasteiger partial charge on any atom is -0.0443 e. The van der Waals surface area contributed by atoms with Crippen LogP contribution in [0.4, 0.5) is 0 Å². The van der Waals surface area contributed by atoms with Gasteiger partial charge in [-0.3, -0.25) is 0 Å². The molecule has 0 aliphatic heterocycles. The first-order valence-corrected chi connectivity index (χ1v) is 3.39. The summed E-state index contributed by atoms with van der Waals surface area (Å²) in [6.07, 6.45) is 7.44. The fourth-order valence-corrected chi connectivity index (χ4v) is 1.31. The first-order valence-electron chi connectivity index (χ1n) is 3.39. The fourth-order valence-electron chi connectivity index (χ4n) is 1.31. The van der Waals surface area contributed by atoms with Crippen LogP contribution in [0.2, 0.25) is 0 Å². The highest BCUT2D eigenvalue weighted by Gasteiger charge is 2.05. The van der Waals surface area contributed by atoms with E-state index in [0.717, 1.165) is 5.92 Å². The summed E-state index contributed by atoms with van der Waals surface area (Å²) >= 11 is 0. The summed E-state index contributed by atoms with van der Waals surface area (Å²) in [6, 6.07) is 0. The van der Waals surface area contributed by atoms with Gasteiger partial charge >= 0.3 is 0 Å². The van der Waals surface area contributed by atoms with E-state index in [9.17, 15) is 0 Å². The molecule has 0 aromatic rings. The molecule has 0 spiro atoms. The topological polar surface area (TPSA) is 0 Å². The average Bonchev–Trinajstić information content (AvgIpc) is 1.69. The second kappa shape index (κ2) is 4.20. The summed E-state index contributed by atoms with van der Waals surface area (Å²) in [5.74, 6) is 1.04. The van der Waals surface area contributed by atoms with Crippen LogP contribution in [0, 0.1) is 5.92 Å². The van der Waals surface area contributed by atoms with Gasteiger partial charge in [-0.25, -0.2) is 0 Å². The monoisotopic (exact) mass is 133 g/mol. The third-order valence-corrected chi connectivity index (χ3v) is 1.89. The molecule has 1 rings (SSSR count). The zero-order chi connectivity index (χ0) is 5.11. The van der Waals surface area contributed by atoms with Gasteiger partial charge in [0.25, 0.3) is 0 Å². The number of rotatable bonds is 0. The minimum absolute atomic E-state index is 0. The molecule has 0 aromatic heterocycles. The van der Waals surface area contributed by atoms with Crippen molar-refractivity contribution in [3.8, 4) is 0 Å². The van der Waals surface area contributed by atoms with E-state index in [1.807, 2.05) is 0 Å². The Kier molecular flexibility index (Phi) is 4.35. The van der Waals surface area contributed by atoms with E-state index in [-0.39, 0.29) is 12.4 Å². The van der Waals surface area contributed by atoms with Gasteiger partial charge in [0.05, 0.1) is 0 Å². The number of hydrogen-bond donors (Lipinski definition) is 0. The Morgan fingerprint density at radius 3 is 1.75 bits per heavy atom. The Morgan fingerprint density at radius 2 is 1.50 bits per heavy atom. The molecule has 0 bridgehead atoms. The molecule has 1 aliphatic carbocycles. The van der Waals surface area contributed by atoms with Crippen LogP contribution in [-0.2, 0) is 0 Å². The van der Waals surface area contributed by atoms with E-state index in [4.69, 9.17) is 0 Å². The van der Waals surface area contributed by atoms with Gasteiger partial charge in [0.15, 0.2) is 0 Å². The Hall–Kier alpha value is 0.290. The lowest BCUT2D eigenvalue weighted by molar-refractivity contribution is -0.00000166. The first kappa shape index (κ1) is 8.29. The molecule has 0 heterocycles. The van der Waals surface area contributed by atoms with Gasteiger partial charge in [-0.15, -0.1) is 0 Å². The molecule has 0 radical (unpaired) electrons. The lowest BCUT2D eigenvalue weighted by atomic mass is 9.91. The molecule has 8 heavy (non-hydrogen) atoms. The van der Waals surface area contributed by atoms with Crippen LogP contribution in [-0.4, -0.2) is 0 Å². The lowest BCUT2D eigenvalue weighted by Gasteiger charge is -2.15. The molecule has 0 aromatic carbocycles. The van der Waals surface area contributed by atoms with E-state index in [0.29, 0.717) is 0 Å². The third kappa shape index (κ3) is 2.56. The average molecular weight is 134 g/mol. The molecular formula is C7H14Cl-. The maximum absolute atomic E-state index is 2.36. The van der Waals surface area contributed by atoms with Gasteiger partial charge in [0, 0.05) is 0 Å². The zero-order valence-corrected chi connectivity index (χ0v) is 6.25. The van der Waals surface area contributed by atoms with E-state index in [1.54, 1.807) is 0 Å². The summed E-state index contributed by atoms with van der Waals surface area (Å²) in [6.45, 7) is 2.36. The van der Waals surface area contributed by atoms with Crippen LogP contribution in [0.25, 0.3) is 0 Å². The summed E-state index contributed by atoms with van der Waals surface area (Å²) in [5, 5.41) is 0. The van der Waals surface area contributed by atoms with Gasteiger partial charge in [-0.2, -0.15) is 0 Å². The highest BCUT2D eigenvalue weighted by molar-refractivity contribution is 4.59. The van der Waals surface area contributed by atoms with Crippen molar-refractivity contribution in [1.29, 1.82) is 0 Å². The summed E-state index contributed by atoms with van der Waals surface area (Å²) in [4.78, 5) is 0. The van der Waals surface area contributed by atoms with Crippen LogP contribution >= 0.6 is 0 Å². The second-order valence-corrected chi connectivity index (χ2v) is 2.74. The zero-order valence-electron chi connectivity index (χ0n) is 5.49. The summed E-state index contributed by atoms with van der Waals surface area (Å²) in [7, 11) is 0. The smallest absolute Gasteiger partial charge is 0.0443 e. The van der Waals surface area contributed by atoms with Crippen LogP contribution in [0.5, 0.6) is 0 Å². The molecule has 1 fully saturated rings. The second-order valence-electron chi connectivity index (χ2n) is 2.74. The van der Waals surface area contributed by atoms with Crippen LogP contribution < -0.4 is 12.4 Å². The Bertz CT molecular complexity index is 46.3. The lowest BCUT2D eigenvalue weighted by Crippen LogP contribution is -3.00. The minimum Gasteiger partial charge on any atom is -1.00 e. The molecule has 0 N–H and O–H groups in total. The Balaban J connectivity index is 0.000000490. The maximum atomic E-state index is 2.36. The van der Waals surface area contributed by atoms with Crippen molar-refractivity contribution in [3.63, 3.8) is 0 Å². The quantitative estimate of drug-likeness (QED) is 0.422. The predicted octanol–water partition coefficient (Wildman–Crippen LogP) is -0.409. The molecular weight excluding hydrogens is 120 g/mol. The van der Waals surface area contributed by atoms with E-state index < -0.39 is 0 Å². The molecule has 1 aliphatic rings. The molecule has 50 valence electrons.